The number of aromatic amines is 1. The zero-order valence-corrected chi connectivity index (χ0v) is 10.1. The summed E-state index contributed by atoms with van der Waals surface area (Å²) in [5.41, 5.74) is 7.66. The molecule has 0 bridgehead atoms. The van der Waals surface area contributed by atoms with Crippen LogP contribution in [-0.4, -0.2) is 16.9 Å². The maximum Gasteiger partial charge on any atom is 0.238 e. The smallest absolute Gasteiger partial charge is 0.238 e. The van der Waals surface area contributed by atoms with Crippen molar-refractivity contribution in [1.29, 1.82) is 0 Å². The summed E-state index contributed by atoms with van der Waals surface area (Å²) in [6.45, 7) is 3.96. The number of hydrazine groups is 1. The number of hydrogen-bond donors (Lipinski definition) is 3. The number of hydrogen-bond acceptors (Lipinski definition) is 2. The van der Waals surface area contributed by atoms with Crippen LogP contribution >= 0.6 is 0 Å². The minimum Gasteiger partial charge on any atom is -0.361 e. The highest BCUT2D eigenvalue weighted by Crippen LogP contribution is 2.17. The molecule has 1 aromatic carbocycles. The number of para-hydroxylation sites is 1. The number of aromatic nitrogens is 1. The van der Waals surface area contributed by atoms with Crippen molar-refractivity contribution >= 4 is 16.8 Å². The molecule has 90 valence electrons. The first-order chi connectivity index (χ1) is 8.16. The Balaban J connectivity index is 2.06. The predicted molar refractivity (Wildman–Crippen MR) is 68.4 cm³/mol. The van der Waals surface area contributed by atoms with Crippen LogP contribution in [0.3, 0.4) is 0 Å². The highest BCUT2D eigenvalue weighted by atomic mass is 16.2. The van der Waals surface area contributed by atoms with Gasteiger partial charge < -0.3 is 4.98 Å². The third-order valence-electron chi connectivity index (χ3n) is 2.53. The van der Waals surface area contributed by atoms with Gasteiger partial charge in [0.2, 0.25) is 5.91 Å². The average Bonchev–Trinajstić information content (AvgIpc) is 2.70. The number of carbonyl (C=O) groups excluding carboxylic acids is 1. The summed E-state index contributed by atoms with van der Waals surface area (Å²) in [7, 11) is 0. The average molecular weight is 231 g/mol. The Morgan fingerprint density at radius 3 is 2.88 bits per heavy atom. The Morgan fingerprint density at radius 1 is 1.35 bits per heavy atom. The van der Waals surface area contributed by atoms with E-state index < -0.39 is 0 Å². The molecule has 1 heterocycles. The fourth-order valence-electron chi connectivity index (χ4n) is 1.72. The molecule has 17 heavy (non-hydrogen) atoms. The fraction of sp³-hybridized carbons (Fsp3) is 0.308. The maximum atomic E-state index is 11.7. The van der Waals surface area contributed by atoms with E-state index >= 15 is 0 Å². The number of fused-ring (bicyclic) bond motifs is 1. The molecule has 1 aromatic heterocycles. The molecule has 4 heteroatoms. The van der Waals surface area contributed by atoms with E-state index in [9.17, 15) is 4.79 Å². The van der Waals surface area contributed by atoms with Crippen LogP contribution in [0.15, 0.2) is 30.5 Å². The topological polar surface area (TPSA) is 56.9 Å². The maximum absolute atomic E-state index is 11.7. The molecule has 0 aliphatic rings. The summed E-state index contributed by atoms with van der Waals surface area (Å²) >= 11 is 0. The highest BCUT2D eigenvalue weighted by molar-refractivity contribution is 5.88. The molecule has 0 spiro atoms. The van der Waals surface area contributed by atoms with Crippen molar-refractivity contribution in [3.05, 3.63) is 36.0 Å². The normalized spacial score (nSPS) is 11.0. The summed E-state index contributed by atoms with van der Waals surface area (Å²) in [5, 5.41) is 1.10. The van der Waals surface area contributed by atoms with Gasteiger partial charge in [0.15, 0.2) is 0 Å². The molecule has 0 unspecified atom stereocenters. The quantitative estimate of drug-likeness (QED) is 0.702. The molecule has 2 rings (SSSR count). The van der Waals surface area contributed by atoms with Crippen LogP contribution in [-0.2, 0) is 11.2 Å². The van der Waals surface area contributed by atoms with Crippen LogP contribution in [0.1, 0.15) is 19.4 Å². The Kier molecular flexibility index (Phi) is 3.44. The summed E-state index contributed by atoms with van der Waals surface area (Å²) in [4.78, 5) is 14.8. The van der Waals surface area contributed by atoms with E-state index in [2.05, 4.69) is 15.8 Å². The summed E-state index contributed by atoms with van der Waals surface area (Å²) in [5.74, 6) is -0.0246. The molecule has 0 saturated carbocycles. The molecular formula is C13H17N3O. The molecule has 0 aliphatic heterocycles. The second kappa shape index (κ2) is 5.01. The first-order valence-electron chi connectivity index (χ1n) is 5.76. The fourth-order valence-corrected chi connectivity index (χ4v) is 1.72. The van der Waals surface area contributed by atoms with Gasteiger partial charge in [0.05, 0.1) is 6.42 Å². The van der Waals surface area contributed by atoms with Crippen molar-refractivity contribution in [2.75, 3.05) is 0 Å². The Labute approximate surface area is 100 Å². The molecule has 4 nitrogen and oxygen atoms in total. The monoisotopic (exact) mass is 231 g/mol. The van der Waals surface area contributed by atoms with Gasteiger partial charge in [0.1, 0.15) is 0 Å². The number of benzene rings is 1. The molecule has 0 saturated heterocycles. The van der Waals surface area contributed by atoms with Gasteiger partial charge in [-0.3, -0.25) is 10.2 Å². The van der Waals surface area contributed by atoms with Gasteiger partial charge in [-0.25, -0.2) is 5.43 Å². The highest BCUT2D eigenvalue weighted by Gasteiger charge is 2.08. The zero-order valence-electron chi connectivity index (χ0n) is 10.1. The van der Waals surface area contributed by atoms with Gasteiger partial charge in [0.25, 0.3) is 0 Å². The van der Waals surface area contributed by atoms with Crippen LogP contribution in [0.4, 0.5) is 0 Å². The second-order valence-electron chi connectivity index (χ2n) is 4.38. The molecule has 2 aromatic rings. The number of rotatable bonds is 4. The first-order valence-corrected chi connectivity index (χ1v) is 5.76. The summed E-state index contributed by atoms with van der Waals surface area (Å²) in [6.07, 6.45) is 2.27. The number of H-pyrrole nitrogens is 1. The third kappa shape index (κ3) is 2.85. The van der Waals surface area contributed by atoms with E-state index in [0.29, 0.717) is 6.42 Å². The van der Waals surface area contributed by atoms with E-state index in [-0.39, 0.29) is 11.9 Å². The Hall–Kier alpha value is -1.81. The third-order valence-corrected chi connectivity index (χ3v) is 2.53. The van der Waals surface area contributed by atoms with Gasteiger partial charge in [-0.15, -0.1) is 0 Å². The van der Waals surface area contributed by atoms with Gasteiger partial charge in [-0.05, 0) is 25.5 Å². The van der Waals surface area contributed by atoms with E-state index in [1.165, 1.54) is 0 Å². The number of carbonyl (C=O) groups is 1. The van der Waals surface area contributed by atoms with E-state index in [1.54, 1.807) is 0 Å². The lowest BCUT2D eigenvalue weighted by Gasteiger charge is -2.09. The van der Waals surface area contributed by atoms with Crippen LogP contribution in [0, 0.1) is 0 Å². The molecule has 3 N–H and O–H groups in total. The lowest BCUT2D eigenvalue weighted by atomic mass is 10.1. The van der Waals surface area contributed by atoms with Crippen molar-refractivity contribution in [1.82, 2.24) is 15.8 Å². The van der Waals surface area contributed by atoms with Crippen molar-refractivity contribution in [2.45, 2.75) is 26.3 Å². The SMILES string of the molecule is CC(C)NNC(=O)Cc1c[nH]c2ccccc12. The predicted octanol–water partition coefficient (Wildman–Crippen LogP) is 1.74. The van der Waals surface area contributed by atoms with Gasteiger partial charge in [-0.2, -0.15) is 0 Å². The second-order valence-corrected chi connectivity index (χ2v) is 4.38. The minimum atomic E-state index is -0.0246. The molecule has 0 fully saturated rings. The number of amides is 1. The van der Waals surface area contributed by atoms with E-state index in [4.69, 9.17) is 0 Å². The van der Waals surface area contributed by atoms with Crippen molar-refractivity contribution in [3.63, 3.8) is 0 Å². The van der Waals surface area contributed by atoms with Crippen LogP contribution in [0.25, 0.3) is 10.9 Å². The molecule has 0 atom stereocenters. The minimum absolute atomic E-state index is 0.0246. The summed E-state index contributed by atoms with van der Waals surface area (Å²) in [6, 6.07) is 8.21. The van der Waals surface area contributed by atoms with Gasteiger partial charge >= 0.3 is 0 Å². The Morgan fingerprint density at radius 2 is 2.12 bits per heavy atom. The van der Waals surface area contributed by atoms with Crippen LogP contribution in [0.5, 0.6) is 0 Å². The lowest BCUT2D eigenvalue weighted by Crippen LogP contribution is -2.42. The largest absolute Gasteiger partial charge is 0.361 e. The molecule has 0 radical (unpaired) electrons. The molecule has 1 amide bonds. The van der Waals surface area contributed by atoms with Crippen LogP contribution < -0.4 is 10.9 Å². The van der Waals surface area contributed by atoms with Crippen LogP contribution in [0.2, 0.25) is 0 Å². The molecule has 0 aliphatic carbocycles. The standard InChI is InChI=1S/C13H17N3O/c1-9(2)15-16-13(17)7-10-8-14-12-6-4-3-5-11(10)12/h3-6,8-9,14-15H,7H2,1-2H3,(H,16,17). The molecular weight excluding hydrogens is 214 g/mol. The summed E-state index contributed by atoms with van der Waals surface area (Å²) < 4.78 is 0. The first kappa shape index (κ1) is 11.7. The Bertz CT molecular complexity index is 516. The zero-order chi connectivity index (χ0) is 12.3. The van der Waals surface area contributed by atoms with E-state index in [0.717, 1.165) is 16.5 Å². The van der Waals surface area contributed by atoms with E-state index in [1.807, 2.05) is 44.3 Å². The van der Waals surface area contributed by atoms with Crippen molar-refractivity contribution < 1.29 is 4.79 Å². The number of nitrogens with one attached hydrogen (secondary N) is 3. The lowest BCUT2D eigenvalue weighted by molar-refractivity contribution is -0.121. The van der Waals surface area contributed by atoms with Gasteiger partial charge in [0, 0.05) is 23.1 Å². The van der Waals surface area contributed by atoms with Crippen molar-refractivity contribution in [3.8, 4) is 0 Å². The van der Waals surface area contributed by atoms with Gasteiger partial charge in [-0.1, -0.05) is 18.2 Å². The van der Waals surface area contributed by atoms with Crippen molar-refractivity contribution in [2.24, 2.45) is 0 Å².